The first kappa shape index (κ1) is 18.7. The standard InChI is InChI=1S/C18H26N6OS/c1-13(26-18-20-21-22-24(18)16-10-11-16)17(25)19-12-4-5-14-6-8-15(9-7-14)23(2)3/h6-9,13,16H,4-5,10-12H2,1-3H3,(H,19,25). The Balaban J connectivity index is 1.38. The van der Waals surface area contributed by atoms with Gasteiger partial charge in [0.15, 0.2) is 0 Å². The second kappa shape index (κ2) is 8.53. The fraction of sp³-hybridized carbons (Fsp3) is 0.556. The molecule has 1 fully saturated rings. The third kappa shape index (κ3) is 4.97. The molecule has 8 heteroatoms. The fourth-order valence-corrected chi connectivity index (χ4v) is 3.52. The van der Waals surface area contributed by atoms with Crippen LogP contribution in [0.25, 0.3) is 0 Å². The van der Waals surface area contributed by atoms with Crippen LogP contribution in [0.1, 0.15) is 37.8 Å². The second-order valence-electron chi connectivity index (χ2n) is 6.85. The summed E-state index contributed by atoms with van der Waals surface area (Å²) in [5.74, 6) is 0.0308. The predicted octanol–water partition coefficient (Wildman–Crippen LogP) is 2.30. The van der Waals surface area contributed by atoms with Gasteiger partial charge in [0.25, 0.3) is 0 Å². The average molecular weight is 375 g/mol. The number of anilines is 1. The van der Waals surface area contributed by atoms with Gasteiger partial charge in [-0.05, 0) is 60.7 Å². The summed E-state index contributed by atoms with van der Waals surface area (Å²) in [7, 11) is 4.07. The summed E-state index contributed by atoms with van der Waals surface area (Å²) < 4.78 is 1.84. The summed E-state index contributed by atoms with van der Waals surface area (Å²) in [5, 5.41) is 15.3. The van der Waals surface area contributed by atoms with Gasteiger partial charge in [0.05, 0.1) is 11.3 Å². The number of hydrogen-bond acceptors (Lipinski definition) is 6. The highest BCUT2D eigenvalue weighted by Gasteiger charge is 2.29. The van der Waals surface area contributed by atoms with Crippen molar-refractivity contribution in [3.8, 4) is 0 Å². The van der Waals surface area contributed by atoms with Gasteiger partial charge in [-0.2, -0.15) is 0 Å². The Bertz CT molecular complexity index is 726. The molecule has 1 saturated carbocycles. The molecule has 1 N–H and O–H groups in total. The van der Waals surface area contributed by atoms with Crippen molar-refractivity contribution in [3.05, 3.63) is 29.8 Å². The maximum atomic E-state index is 12.3. The fourth-order valence-electron chi connectivity index (χ4n) is 2.63. The van der Waals surface area contributed by atoms with Crippen LogP contribution in [0.3, 0.4) is 0 Å². The van der Waals surface area contributed by atoms with Gasteiger partial charge in [-0.3, -0.25) is 4.79 Å². The lowest BCUT2D eigenvalue weighted by Crippen LogP contribution is -2.32. The number of thioether (sulfide) groups is 1. The molecule has 1 atom stereocenters. The first-order valence-electron chi connectivity index (χ1n) is 9.03. The van der Waals surface area contributed by atoms with Gasteiger partial charge in [0, 0.05) is 26.3 Å². The van der Waals surface area contributed by atoms with Crippen LogP contribution in [0.2, 0.25) is 0 Å². The molecule has 2 aromatic rings. The molecule has 1 amide bonds. The predicted molar refractivity (Wildman–Crippen MR) is 104 cm³/mol. The summed E-state index contributed by atoms with van der Waals surface area (Å²) in [6.45, 7) is 2.57. The van der Waals surface area contributed by atoms with Gasteiger partial charge in [-0.15, -0.1) is 5.10 Å². The van der Waals surface area contributed by atoms with E-state index in [1.165, 1.54) is 23.0 Å². The Morgan fingerprint density at radius 1 is 1.35 bits per heavy atom. The van der Waals surface area contributed by atoms with Crippen molar-refractivity contribution in [2.45, 2.75) is 49.1 Å². The lowest BCUT2D eigenvalue weighted by molar-refractivity contribution is -0.120. The first-order chi connectivity index (χ1) is 12.5. The van der Waals surface area contributed by atoms with Crippen LogP contribution in [0.4, 0.5) is 5.69 Å². The zero-order valence-electron chi connectivity index (χ0n) is 15.6. The molecular formula is C18H26N6OS. The van der Waals surface area contributed by atoms with Crippen LogP contribution < -0.4 is 10.2 Å². The molecule has 3 rings (SSSR count). The van der Waals surface area contributed by atoms with Crippen molar-refractivity contribution in [3.63, 3.8) is 0 Å². The smallest absolute Gasteiger partial charge is 0.233 e. The van der Waals surface area contributed by atoms with E-state index in [0.717, 1.165) is 30.8 Å². The molecule has 1 unspecified atom stereocenters. The van der Waals surface area contributed by atoms with E-state index < -0.39 is 0 Å². The Labute approximate surface area is 158 Å². The minimum absolute atomic E-state index is 0.0308. The molecule has 0 radical (unpaired) electrons. The van der Waals surface area contributed by atoms with Crippen LogP contribution in [0.15, 0.2) is 29.4 Å². The van der Waals surface area contributed by atoms with Crippen LogP contribution in [0, 0.1) is 0 Å². The molecule has 7 nitrogen and oxygen atoms in total. The van der Waals surface area contributed by atoms with Crippen molar-refractivity contribution in [1.82, 2.24) is 25.5 Å². The van der Waals surface area contributed by atoms with E-state index >= 15 is 0 Å². The van der Waals surface area contributed by atoms with Crippen molar-refractivity contribution in [1.29, 1.82) is 0 Å². The van der Waals surface area contributed by atoms with Crippen LogP contribution in [0.5, 0.6) is 0 Å². The number of hydrogen-bond donors (Lipinski definition) is 1. The molecule has 1 aliphatic carbocycles. The van der Waals surface area contributed by atoms with Crippen LogP contribution >= 0.6 is 11.8 Å². The van der Waals surface area contributed by atoms with Crippen LogP contribution in [-0.4, -0.2) is 52.0 Å². The minimum Gasteiger partial charge on any atom is -0.378 e. The molecule has 0 saturated heterocycles. The topological polar surface area (TPSA) is 75.9 Å². The zero-order valence-corrected chi connectivity index (χ0v) is 16.4. The second-order valence-corrected chi connectivity index (χ2v) is 8.16. The largest absolute Gasteiger partial charge is 0.378 e. The molecule has 0 bridgehead atoms. The van der Waals surface area contributed by atoms with Gasteiger partial charge < -0.3 is 10.2 Å². The lowest BCUT2D eigenvalue weighted by atomic mass is 10.1. The van der Waals surface area contributed by atoms with Crippen LogP contribution in [-0.2, 0) is 11.2 Å². The number of carbonyl (C=O) groups excluding carboxylic acids is 1. The molecular weight excluding hydrogens is 348 g/mol. The first-order valence-corrected chi connectivity index (χ1v) is 9.91. The molecule has 0 spiro atoms. The summed E-state index contributed by atoms with van der Waals surface area (Å²) in [6, 6.07) is 8.95. The molecule has 26 heavy (non-hydrogen) atoms. The third-order valence-electron chi connectivity index (χ3n) is 4.40. The van der Waals surface area contributed by atoms with E-state index in [0.29, 0.717) is 12.6 Å². The Morgan fingerprint density at radius 3 is 2.73 bits per heavy atom. The van der Waals surface area contributed by atoms with Crippen molar-refractivity contribution in [2.75, 3.05) is 25.5 Å². The van der Waals surface area contributed by atoms with Crippen molar-refractivity contribution < 1.29 is 4.79 Å². The maximum absolute atomic E-state index is 12.3. The van der Waals surface area contributed by atoms with Gasteiger partial charge in [-0.25, -0.2) is 4.68 Å². The molecule has 1 heterocycles. The molecule has 0 aliphatic heterocycles. The van der Waals surface area contributed by atoms with Gasteiger partial charge in [0.1, 0.15) is 0 Å². The number of aromatic nitrogens is 4. The quantitative estimate of drug-likeness (QED) is 0.536. The normalized spacial score (nSPS) is 14.9. The molecule has 1 aromatic heterocycles. The maximum Gasteiger partial charge on any atom is 0.233 e. The van der Waals surface area contributed by atoms with Gasteiger partial charge >= 0.3 is 0 Å². The number of tetrazole rings is 1. The van der Waals surface area contributed by atoms with E-state index in [9.17, 15) is 4.79 Å². The monoisotopic (exact) mass is 374 g/mol. The molecule has 1 aromatic carbocycles. The number of rotatable bonds is 9. The van der Waals surface area contributed by atoms with E-state index in [1.807, 2.05) is 25.7 Å². The van der Waals surface area contributed by atoms with Gasteiger partial charge in [0.2, 0.25) is 11.1 Å². The summed E-state index contributed by atoms with van der Waals surface area (Å²) in [4.78, 5) is 14.4. The number of benzene rings is 1. The lowest BCUT2D eigenvalue weighted by Gasteiger charge is -2.13. The number of carbonyl (C=O) groups is 1. The van der Waals surface area contributed by atoms with Crippen molar-refractivity contribution in [2.24, 2.45) is 0 Å². The number of aryl methyl sites for hydroxylation is 1. The van der Waals surface area contributed by atoms with E-state index in [1.54, 1.807) is 0 Å². The molecule has 140 valence electrons. The Hall–Kier alpha value is -2.09. The Morgan fingerprint density at radius 2 is 2.08 bits per heavy atom. The highest BCUT2D eigenvalue weighted by molar-refractivity contribution is 8.00. The number of nitrogens with zero attached hydrogens (tertiary/aromatic N) is 5. The highest BCUT2D eigenvalue weighted by Crippen LogP contribution is 2.37. The van der Waals surface area contributed by atoms with E-state index in [4.69, 9.17) is 0 Å². The Kier molecular flexibility index (Phi) is 6.13. The summed E-state index contributed by atoms with van der Waals surface area (Å²) >= 11 is 1.42. The minimum atomic E-state index is -0.210. The van der Waals surface area contributed by atoms with Gasteiger partial charge in [-0.1, -0.05) is 23.9 Å². The highest BCUT2D eigenvalue weighted by atomic mass is 32.2. The summed E-state index contributed by atoms with van der Waals surface area (Å²) in [5.41, 5.74) is 2.48. The summed E-state index contributed by atoms with van der Waals surface area (Å²) in [6.07, 6.45) is 4.11. The number of nitrogens with one attached hydrogen (secondary N) is 1. The average Bonchev–Trinajstić information content (AvgIpc) is 3.38. The SMILES string of the molecule is CC(Sc1nnnn1C1CC1)C(=O)NCCCc1ccc(N(C)C)cc1. The van der Waals surface area contributed by atoms with E-state index in [2.05, 4.69) is 50.0 Å². The molecule has 1 aliphatic rings. The van der Waals surface area contributed by atoms with E-state index in [-0.39, 0.29) is 11.2 Å². The number of amides is 1. The zero-order chi connectivity index (χ0) is 18.5. The van der Waals surface area contributed by atoms with Crippen molar-refractivity contribution >= 4 is 23.4 Å². The third-order valence-corrected chi connectivity index (χ3v) is 5.45.